The molecule has 2 N–H and O–H groups in total. The fraction of sp³-hybridized carbons (Fsp3) is 0.538. The maximum absolute atomic E-state index is 5.34. The third kappa shape index (κ3) is 11.9. The molecule has 0 heterocycles. The average Bonchev–Trinajstić information content (AvgIpc) is 2.20. The Morgan fingerprint density at radius 1 is 1.38 bits per heavy atom. The summed E-state index contributed by atoms with van der Waals surface area (Å²) >= 11 is 0. The van der Waals surface area contributed by atoms with Crippen molar-refractivity contribution in [1.82, 2.24) is 0 Å². The summed E-state index contributed by atoms with van der Waals surface area (Å²) in [5, 5.41) is 0. The van der Waals surface area contributed by atoms with Crippen molar-refractivity contribution in [1.29, 1.82) is 0 Å². The molecule has 0 atom stereocenters. The van der Waals surface area contributed by atoms with E-state index in [-0.39, 0.29) is 20.4 Å². The summed E-state index contributed by atoms with van der Waals surface area (Å²) in [5.41, 5.74) is 6.53. The van der Waals surface area contributed by atoms with Crippen LogP contribution in [0.1, 0.15) is 19.4 Å². The van der Waals surface area contributed by atoms with E-state index < -0.39 is 0 Å². The summed E-state index contributed by atoms with van der Waals surface area (Å²) in [6, 6.07) is 11.0. The second-order valence-corrected chi connectivity index (χ2v) is 3.78. The van der Waals surface area contributed by atoms with E-state index in [2.05, 4.69) is 19.9 Å². The molecule has 0 fully saturated rings. The van der Waals surface area contributed by atoms with Crippen LogP contribution in [0.3, 0.4) is 0 Å². The van der Waals surface area contributed by atoms with Crippen molar-refractivity contribution >= 4 is 0 Å². The molecule has 1 aromatic carbocycles. The van der Waals surface area contributed by atoms with E-state index in [0.717, 1.165) is 13.0 Å². The molecule has 0 saturated heterocycles. The molecule has 0 aromatic heterocycles. The Labute approximate surface area is 113 Å². The van der Waals surface area contributed by atoms with Gasteiger partial charge in [0.25, 0.3) is 0 Å². The monoisotopic (exact) mass is 314 g/mol. The van der Waals surface area contributed by atoms with E-state index in [4.69, 9.17) is 10.5 Å². The van der Waals surface area contributed by atoms with Gasteiger partial charge < -0.3 is 10.5 Å². The SMILES string of the molecule is COCC(C)C.NCCc1[c-]cccc1.[Pd]. The Morgan fingerprint density at radius 2 is 2.06 bits per heavy atom. The van der Waals surface area contributed by atoms with Gasteiger partial charge in [-0.15, -0.1) is 0 Å². The predicted octanol–water partition coefficient (Wildman–Crippen LogP) is 2.27. The number of nitrogens with two attached hydrogens (primary N) is 1. The number of hydrogen-bond donors (Lipinski definition) is 1. The van der Waals surface area contributed by atoms with Crippen molar-refractivity contribution in [3.63, 3.8) is 0 Å². The Bertz CT molecular complexity index is 227. The average molecular weight is 315 g/mol. The minimum absolute atomic E-state index is 0. The van der Waals surface area contributed by atoms with Crippen molar-refractivity contribution in [3.05, 3.63) is 35.9 Å². The van der Waals surface area contributed by atoms with Crippen molar-refractivity contribution in [2.24, 2.45) is 11.7 Å². The molecule has 96 valence electrons. The van der Waals surface area contributed by atoms with Crippen LogP contribution in [0.4, 0.5) is 0 Å². The Balaban J connectivity index is 0. The zero-order chi connectivity index (χ0) is 11.5. The van der Waals surface area contributed by atoms with E-state index in [1.54, 1.807) is 7.11 Å². The molecule has 0 spiro atoms. The molecule has 16 heavy (non-hydrogen) atoms. The van der Waals surface area contributed by atoms with Gasteiger partial charge in [-0.05, 0) is 18.9 Å². The Kier molecular flexibility index (Phi) is 14.6. The Hall–Kier alpha value is -0.198. The summed E-state index contributed by atoms with van der Waals surface area (Å²) in [4.78, 5) is 0. The smallest absolute Gasteiger partial charge is 0.0485 e. The number of hydrogen-bond acceptors (Lipinski definition) is 2. The summed E-state index contributed by atoms with van der Waals surface area (Å²) in [6.07, 6.45) is 0.931. The number of rotatable bonds is 4. The van der Waals surface area contributed by atoms with Gasteiger partial charge in [0.15, 0.2) is 0 Å². The van der Waals surface area contributed by atoms with E-state index in [1.165, 1.54) is 5.56 Å². The normalized spacial score (nSPS) is 9.06. The molecule has 0 saturated carbocycles. The van der Waals surface area contributed by atoms with Crippen molar-refractivity contribution < 1.29 is 25.2 Å². The van der Waals surface area contributed by atoms with Crippen LogP contribution in [0.15, 0.2) is 24.3 Å². The zero-order valence-corrected chi connectivity index (χ0v) is 11.9. The second kappa shape index (κ2) is 12.9. The largest absolute Gasteiger partial charge is 0.384 e. The van der Waals surface area contributed by atoms with Gasteiger partial charge in [0.2, 0.25) is 0 Å². The molecule has 1 aromatic rings. The Morgan fingerprint density at radius 3 is 2.38 bits per heavy atom. The standard InChI is InChI=1S/C8H10N.C5H12O.Pd/c9-7-6-8-4-2-1-3-5-8;1-5(2)4-6-3;/h1-4H,6-7,9H2;5H,4H2,1-3H3;/q-1;;. The molecule has 0 aliphatic heterocycles. The molecular weight excluding hydrogens is 293 g/mol. The van der Waals surface area contributed by atoms with Gasteiger partial charge in [-0.25, -0.2) is 0 Å². The van der Waals surface area contributed by atoms with Gasteiger partial charge in [0.1, 0.15) is 0 Å². The fourth-order valence-corrected chi connectivity index (χ4v) is 1.07. The van der Waals surface area contributed by atoms with Gasteiger partial charge in [-0.3, -0.25) is 0 Å². The molecular formula is C13H22NOPd-. The van der Waals surface area contributed by atoms with Gasteiger partial charge in [-0.1, -0.05) is 13.8 Å². The van der Waals surface area contributed by atoms with E-state index >= 15 is 0 Å². The van der Waals surface area contributed by atoms with Crippen LogP contribution in [0.5, 0.6) is 0 Å². The van der Waals surface area contributed by atoms with E-state index in [9.17, 15) is 0 Å². The molecule has 0 amide bonds. The third-order valence-corrected chi connectivity index (χ3v) is 1.69. The fourth-order valence-electron chi connectivity index (χ4n) is 1.07. The summed E-state index contributed by atoms with van der Waals surface area (Å²) in [5.74, 6) is 0.676. The summed E-state index contributed by atoms with van der Waals surface area (Å²) in [7, 11) is 1.72. The van der Waals surface area contributed by atoms with Gasteiger partial charge in [0, 0.05) is 34.1 Å². The van der Waals surface area contributed by atoms with Crippen LogP contribution in [-0.2, 0) is 31.6 Å². The first kappa shape index (κ1) is 18.2. The minimum Gasteiger partial charge on any atom is -0.384 e. The third-order valence-electron chi connectivity index (χ3n) is 1.69. The van der Waals surface area contributed by atoms with Gasteiger partial charge >= 0.3 is 0 Å². The predicted molar refractivity (Wildman–Crippen MR) is 64.8 cm³/mol. The van der Waals surface area contributed by atoms with Crippen molar-refractivity contribution in [2.75, 3.05) is 20.3 Å². The number of methoxy groups -OCH3 is 1. The topological polar surface area (TPSA) is 35.2 Å². The van der Waals surface area contributed by atoms with Crippen LogP contribution in [-0.4, -0.2) is 20.3 Å². The summed E-state index contributed by atoms with van der Waals surface area (Å²) in [6.45, 7) is 5.84. The van der Waals surface area contributed by atoms with Crippen LogP contribution < -0.4 is 5.73 Å². The molecule has 0 aliphatic rings. The molecule has 3 heteroatoms. The van der Waals surface area contributed by atoms with Crippen LogP contribution in [0.25, 0.3) is 0 Å². The maximum atomic E-state index is 5.34. The van der Waals surface area contributed by atoms with Crippen LogP contribution in [0, 0.1) is 12.0 Å². The molecule has 0 aliphatic carbocycles. The van der Waals surface area contributed by atoms with Crippen molar-refractivity contribution in [3.8, 4) is 0 Å². The van der Waals surface area contributed by atoms with Crippen molar-refractivity contribution in [2.45, 2.75) is 20.3 Å². The van der Waals surface area contributed by atoms with Crippen LogP contribution >= 0.6 is 0 Å². The molecule has 2 nitrogen and oxygen atoms in total. The molecule has 0 radical (unpaired) electrons. The molecule has 0 bridgehead atoms. The molecule has 0 unspecified atom stereocenters. The first-order valence-corrected chi connectivity index (χ1v) is 5.35. The number of benzene rings is 1. The minimum atomic E-state index is 0. The first-order chi connectivity index (χ1) is 7.20. The second-order valence-electron chi connectivity index (χ2n) is 3.78. The van der Waals surface area contributed by atoms with E-state index in [0.29, 0.717) is 12.5 Å². The van der Waals surface area contributed by atoms with Gasteiger partial charge in [-0.2, -0.15) is 35.9 Å². The zero-order valence-electron chi connectivity index (χ0n) is 10.3. The quantitative estimate of drug-likeness (QED) is 0.683. The van der Waals surface area contributed by atoms with E-state index in [1.807, 2.05) is 24.3 Å². The first-order valence-electron chi connectivity index (χ1n) is 5.35. The van der Waals surface area contributed by atoms with Gasteiger partial charge in [0.05, 0.1) is 0 Å². The maximum Gasteiger partial charge on any atom is 0.0485 e. The number of ether oxygens (including phenoxy) is 1. The van der Waals surface area contributed by atoms with Crippen LogP contribution in [0.2, 0.25) is 0 Å². The molecule has 1 rings (SSSR count). The summed E-state index contributed by atoms with van der Waals surface area (Å²) < 4.78 is 4.80.